The van der Waals surface area contributed by atoms with E-state index in [1.807, 2.05) is 0 Å². The summed E-state index contributed by atoms with van der Waals surface area (Å²) in [6.07, 6.45) is 2.88. The summed E-state index contributed by atoms with van der Waals surface area (Å²) in [5.74, 6) is 0.749. The van der Waals surface area contributed by atoms with Gasteiger partial charge in [-0.25, -0.2) is 0 Å². The molecule has 84 valence electrons. The molecule has 1 aliphatic heterocycles. The Bertz CT molecular complexity index is 172. The molecule has 0 aliphatic carbocycles. The zero-order valence-electron chi connectivity index (χ0n) is 10.1. The Labute approximate surface area is 88.4 Å². The second kappa shape index (κ2) is 5.13. The fourth-order valence-corrected chi connectivity index (χ4v) is 2.61. The van der Waals surface area contributed by atoms with E-state index in [-0.39, 0.29) is 0 Å². The van der Waals surface area contributed by atoms with Crippen LogP contribution in [0.4, 0.5) is 0 Å². The van der Waals surface area contributed by atoms with Gasteiger partial charge in [0.05, 0.1) is 6.10 Å². The molecule has 14 heavy (non-hydrogen) atoms. The summed E-state index contributed by atoms with van der Waals surface area (Å²) in [6.45, 7) is 12.2. The molecule has 0 spiro atoms. The SMILES string of the molecule is CCNCC1(C(C)CC)CCOC1C. The molecule has 0 saturated carbocycles. The largest absolute Gasteiger partial charge is 0.378 e. The van der Waals surface area contributed by atoms with Crippen LogP contribution >= 0.6 is 0 Å². The Morgan fingerprint density at radius 3 is 2.64 bits per heavy atom. The second-order valence-electron chi connectivity index (χ2n) is 4.59. The number of hydrogen-bond donors (Lipinski definition) is 1. The van der Waals surface area contributed by atoms with E-state index < -0.39 is 0 Å². The lowest BCUT2D eigenvalue weighted by Gasteiger charge is -2.38. The maximum absolute atomic E-state index is 5.75. The monoisotopic (exact) mass is 199 g/mol. The minimum absolute atomic E-state index is 0.380. The summed E-state index contributed by atoms with van der Waals surface area (Å²) >= 11 is 0. The number of ether oxygens (including phenoxy) is 1. The van der Waals surface area contributed by atoms with Crippen molar-refractivity contribution in [2.45, 2.75) is 46.6 Å². The molecule has 1 heterocycles. The van der Waals surface area contributed by atoms with Gasteiger partial charge in [-0.15, -0.1) is 0 Å². The van der Waals surface area contributed by atoms with Gasteiger partial charge in [0, 0.05) is 18.6 Å². The Morgan fingerprint density at radius 1 is 1.50 bits per heavy atom. The minimum atomic E-state index is 0.380. The van der Waals surface area contributed by atoms with Crippen LogP contribution in [-0.4, -0.2) is 25.8 Å². The van der Waals surface area contributed by atoms with Crippen LogP contribution in [0, 0.1) is 11.3 Å². The van der Waals surface area contributed by atoms with Gasteiger partial charge in [0.25, 0.3) is 0 Å². The lowest BCUT2D eigenvalue weighted by atomic mass is 9.70. The van der Waals surface area contributed by atoms with Crippen LogP contribution < -0.4 is 5.32 Å². The molecule has 1 fully saturated rings. The molecule has 2 heteroatoms. The molecular formula is C12H25NO. The number of rotatable bonds is 5. The van der Waals surface area contributed by atoms with Crippen molar-refractivity contribution in [2.75, 3.05) is 19.7 Å². The van der Waals surface area contributed by atoms with Crippen molar-refractivity contribution >= 4 is 0 Å². The standard InChI is InChI=1S/C12H25NO/c1-5-10(3)12(9-13-6-2)7-8-14-11(12)4/h10-11,13H,5-9H2,1-4H3. The molecule has 0 aromatic carbocycles. The Kier molecular flexibility index (Phi) is 4.39. The quantitative estimate of drug-likeness (QED) is 0.734. The van der Waals surface area contributed by atoms with E-state index in [4.69, 9.17) is 4.74 Å². The van der Waals surface area contributed by atoms with Crippen LogP contribution in [0.1, 0.15) is 40.5 Å². The summed E-state index contributed by atoms with van der Waals surface area (Å²) in [4.78, 5) is 0. The lowest BCUT2D eigenvalue weighted by molar-refractivity contribution is 0.0317. The van der Waals surface area contributed by atoms with E-state index >= 15 is 0 Å². The summed E-state index contributed by atoms with van der Waals surface area (Å²) in [6, 6.07) is 0. The van der Waals surface area contributed by atoms with Crippen molar-refractivity contribution in [2.24, 2.45) is 11.3 Å². The van der Waals surface area contributed by atoms with Crippen LogP contribution in [0.5, 0.6) is 0 Å². The Balaban J connectivity index is 2.67. The summed E-state index contributed by atoms with van der Waals surface area (Å²) in [7, 11) is 0. The molecule has 1 saturated heterocycles. The van der Waals surface area contributed by atoms with E-state index in [1.54, 1.807) is 0 Å². The van der Waals surface area contributed by atoms with E-state index in [0.29, 0.717) is 11.5 Å². The minimum Gasteiger partial charge on any atom is -0.378 e. The fraction of sp³-hybridized carbons (Fsp3) is 1.00. The van der Waals surface area contributed by atoms with Crippen LogP contribution in [0.3, 0.4) is 0 Å². The molecule has 3 unspecified atom stereocenters. The predicted octanol–water partition coefficient (Wildman–Crippen LogP) is 2.44. The maximum Gasteiger partial charge on any atom is 0.0618 e. The van der Waals surface area contributed by atoms with Crippen LogP contribution in [-0.2, 0) is 4.74 Å². The van der Waals surface area contributed by atoms with Crippen LogP contribution in [0.25, 0.3) is 0 Å². The van der Waals surface area contributed by atoms with Gasteiger partial charge < -0.3 is 10.1 Å². The third-order valence-electron chi connectivity index (χ3n) is 4.04. The van der Waals surface area contributed by atoms with Crippen molar-refractivity contribution in [1.82, 2.24) is 5.32 Å². The molecule has 1 aliphatic rings. The third-order valence-corrected chi connectivity index (χ3v) is 4.04. The van der Waals surface area contributed by atoms with E-state index in [0.717, 1.165) is 25.6 Å². The topological polar surface area (TPSA) is 21.3 Å². The van der Waals surface area contributed by atoms with E-state index in [2.05, 4.69) is 33.0 Å². The van der Waals surface area contributed by atoms with Gasteiger partial charge >= 0.3 is 0 Å². The first-order chi connectivity index (χ1) is 6.67. The summed E-state index contributed by atoms with van der Waals surface area (Å²) < 4.78 is 5.75. The third kappa shape index (κ3) is 2.12. The molecule has 3 atom stereocenters. The zero-order chi connectivity index (χ0) is 10.6. The molecule has 0 aromatic heterocycles. The summed E-state index contributed by atoms with van der Waals surface area (Å²) in [5, 5.41) is 3.50. The van der Waals surface area contributed by atoms with Crippen LogP contribution in [0.15, 0.2) is 0 Å². The highest BCUT2D eigenvalue weighted by molar-refractivity contribution is 4.94. The Morgan fingerprint density at radius 2 is 2.21 bits per heavy atom. The van der Waals surface area contributed by atoms with Gasteiger partial charge in [-0.2, -0.15) is 0 Å². The first kappa shape index (κ1) is 12.0. The van der Waals surface area contributed by atoms with Gasteiger partial charge in [-0.1, -0.05) is 27.2 Å². The van der Waals surface area contributed by atoms with E-state index in [1.165, 1.54) is 12.8 Å². The van der Waals surface area contributed by atoms with Gasteiger partial charge in [-0.3, -0.25) is 0 Å². The lowest BCUT2D eigenvalue weighted by Crippen LogP contribution is -2.44. The average Bonchev–Trinajstić information content (AvgIpc) is 2.57. The summed E-state index contributed by atoms with van der Waals surface area (Å²) in [5.41, 5.74) is 0.380. The molecule has 0 bridgehead atoms. The van der Waals surface area contributed by atoms with Gasteiger partial charge in [0.2, 0.25) is 0 Å². The highest BCUT2D eigenvalue weighted by atomic mass is 16.5. The molecule has 1 rings (SSSR count). The van der Waals surface area contributed by atoms with Crippen molar-refractivity contribution in [3.63, 3.8) is 0 Å². The molecule has 0 radical (unpaired) electrons. The zero-order valence-corrected chi connectivity index (χ0v) is 10.1. The molecule has 1 N–H and O–H groups in total. The maximum atomic E-state index is 5.75. The highest BCUT2D eigenvalue weighted by Crippen LogP contribution is 2.42. The number of nitrogens with one attached hydrogen (secondary N) is 1. The van der Waals surface area contributed by atoms with Crippen molar-refractivity contribution in [1.29, 1.82) is 0 Å². The number of hydrogen-bond acceptors (Lipinski definition) is 2. The highest BCUT2D eigenvalue weighted by Gasteiger charge is 2.44. The predicted molar refractivity (Wildman–Crippen MR) is 60.5 cm³/mol. The average molecular weight is 199 g/mol. The molecule has 0 amide bonds. The van der Waals surface area contributed by atoms with Gasteiger partial charge in [0.1, 0.15) is 0 Å². The Hall–Kier alpha value is -0.0800. The van der Waals surface area contributed by atoms with Gasteiger partial charge in [-0.05, 0) is 25.8 Å². The molecular weight excluding hydrogens is 174 g/mol. The normalized spacial score (nSPS) is 34.7. The fourth-order valence-electron chi connectivity index (χ4n) is 2.61. The van der Waals surface area contributed by atoms with Gasteiger partial charge in [0.15, 0.2) is 0 Å². The van der Waals surface area contributed by atoms with Crippen molar-refractivity contribution in [3.05, 3.63) is 0 Å². The first-order valence-corrected chi connectivity index (χ1v) is 5.99. The second-order valence-corrected chi connectivity index (χ2v) is 4.59. The molecule has 0 aromatic rings. The van der Waals surface area contributed by atoms with Crippen molar-refractivity contribution in [3.8, 4) is 0 Å². The van der Waals surface area contributed by atoms with Crippen LogP contribution in [0.2, 0.25) is 0 Å². The van der Waals surface area contributed by atoms with E-state index in [9.17, 15) is 0 Å². The van der Waals surface area contributed by atoms with Crippen molar-refractivity contribution < 1.29 is 4.74 Å². The molecule has 2 nitrogen and oxygen atoms in total. The smallest absolute Gasteiger partial charge is 0.0618 e. The first-order valence-electron chi connectivity index (χ1n) is 5.99.